The summed E-state index contributed by atoms with van der Waals surface area (Å²) < 4.78 is 26.3. The van der Waals surface area contributed by atoms with E-state index >= 15 is 0 Å². The summed E-state index contributed by atoms with van der Waals surface area (Å²) in [6.07, 6.45) is 4.22. The van der Waals surface area contributed by atoms with Gasteiger partial charge in [0.1, 0.15) is 0 Å². The first-order chi connectivity index (χ1) is 9.61. The second-order valence-corrected chi connectivity index (χ2v) is 9.11. The van der Waals surface area contributed by atoms with Crippen LogP contribution in [0, 0.1) is 16.7 Å². The van der Waals surface area contributed by atoms with Gasteiger partial charge in [0, 0.05) is 11.8 Å². The molecule has 3 atom stereocenters. The van der Waals surface area contributed by atoms with E-state index in [9.17, 15) is 13.2 Å². The molecule has 120 valence electrons. The molecule has 2 aliphatic rings. The highest BCUT2D eigenvalue weighted by Crippen LogP contribution is 2.62. The highest BCUT2D eigenvalue weighted by atomic mass is 32.2. The molecule has 21 heavy (non-hydrogen) atoms. The topological polar surface area (TPSA) is 54.5 Å². The van der Waals surface area contributed by atoms with Crippen LogP contribution >= 0.6 is 0 Å². The van der Waals surface area contributed by atoms with Gasteiger partial charge in [-0.3, -0.25) is 4.79 Å². The summed E-state index contributed by atoms with van der Waals surface area (Å²) in [6, 6.07) is -0.181. The van der Waals surface area contributed by atoms with Gasteiger partial charge < -0.3 is 0 Å². The molecule has 1 unspecified atom stereocenters. The number of hydrogen-bond donors (Lipinski definition) is 0. The molecule has 0 aromatic rings. The van der Waals surface area contributed by atoms with Crippen molar-refractivity contribution in [2.45, 2.75) is 59.4 Å². The summed E-state index contributed by atoms with van der Waals surface area (Å²) in [7, 11) is -3.49. The molecule has 0 aromatic heterocycles. The number of sulfonamides is 1. The number of allylic oxidation sites excluding steroid dienone is 1. The number of carbonyl (C=O) groups is 1. The van der Waals surface area contributed by atoms with E-state index in [1.54, 1.807) is 6.08 Å². The number of carbonyl (C=O) groups excluding carboxylic acids is 1. The molecule has 1 heterocycles. The molecule has 1 saturated carbocycles. The summed E-state index contributed by atoms with van der Waals surface area (Å²) in [6.45, 7) is 12.1. The van der Waals surface area contributed by atoms with Crippen LogP contribution < -0.4 is 0 Å². The van der Waals surface area contributed by atoms with Crippen molar-refractivity contribution in [3.63, 3.8) is 0 Å². The van der Waals surface area contributed by atoms with Gasteiger partial charge in [0.15, 0.2) is 0 Å². The van der Waals surface area contributed by atoms with Gasteiger partial charge in [0.05, 0.1) is 11.8 Å². The molecule has 0 bridgehead atoms. The summed E-state index contributed by atoms with van der Waals surface area (Å²) >= 11 is 0. The third-order valence-electron chi connectivity index (χ3n) is 6.10. The molecule has 2 rings (SSSR count). The van der Waals surface area contributed by atoms with Crippen molar-refractivity contribution in [2.24, 2.45) is 16.7 Å². The third kappa shape index (κ3) is 2.24. The van der Waals surface area contributed by atoms with Crippen molar-refractivity contribution >= 4 is 15.9 Å². The molecule has 1 amide bonds. The molecule has 0 radical (unpaired) electrons. The maximum Gasteiger partial charge on any atom is 0.238 e. The fourth-order valence-corrected chi connectivity index (χ4v) is 6.91. The van der Waals surface area contributed by atoms with Crippen LogP contribution in [0.3, 0.4) is 0 Å². The van der Waals surface area contributed by atoms with Gasteiger partial charge in [-0.05, 0) is 24.2 Å². The van der Waals surface area contributed by atoms with Gasteiger partial charge in [0.2, 0.25) is 15.9 Å². The number of amides is 1. The minimum absolute atomic E-state index is 0.0764. The first-order valence-corrected chi connectivity index (χ1v) is 9.38. The molecule has 1 aliphatic heterocycles. The van der Waals surface area contributed by atoms with E-state index < -0.39 is 10.0 Å². The highest BCUT2D eigenvalue weighted by Gasteiger charge is 2.66. The first-order valence-electron chi connectivity index (χ1n) is 7.77. The molecular formula is C16H27NO3S. The van der Waals surface area contributed by atoms with Crippen molar-refractivity contribution in [1.82, 2.24) is 4.31 Å². The molecule has 4 nitrogen and oxygen atoms in total. The van der Waals surface area contributed by atoms with Crippen LogP contribution in [0.15, 0.2) is 12.7 Å². The van der Waals surface area contributed by atoms with Crippen molar-refractivity contribution in [2.75, 3.05) is 5.75 Å². The Labute approximate surface area is 128 Å². The lowest BCUT2D eigenvalue weighted by Gasteiger charge is -2.40. The van der Waals surface area contributed by atoms with Gasteiger partial charge >= 0.3 is 0 Å². The lowest BCUT2D eigenvalue weighted by molar-refractivity contribution is -0.128. The predicted octanol–water partition coefficient (Wildman–Crippen LogP) is 2.96. The van der Waals surface area contributed by atoms with Crippen LogP contribution in [-0.4, -0.2) is 30.4 Å². The largest absolute Gasteiger partial charge is 0.274 e. The number of rotatable bonds is 4. The van der Waals surface area contributed by atoms with Gasteiger partial charge in [-0.25, -0.2) is 12.7 Å². The molecule has 0 N–H and O–H groups in total. The van der Waals surface area contributed by atoms with Crippen LogP contribution in [0.2, 0.25) is 0 Å². The minimum Gasteiger partial charge on any atom is -0.274 e. The van der Waals surface area contributed by atoms with E-state index in [0.717, 1.165) is 12.8 Å². The van der Waals surface area contributed by atoms with E-state index in [-0.39, 0.29) is 35.0 Å². The monoisotopic (exact) mass is 313 g/mol. The van der Waals surface area contributed by atoms with E-state index in [4.69, 9.17) is 0 Å². The van der Waals surface area contributed by atoms with Crippen molar-refractivity contribution in [3.8, 4) is 0 Å². The molecule has 5 heteroatoms. The quantitative estimate of drug-likeness (QED) is 0.750. The van der Waals surface area contributed by atoms with Crippen molar-refractivity contribution in [1.29, 1.82) is 0 Å². The molecule has 1 aliphatic carbocycles. The molecule has 2 fully saturated rings. The Morgan fingerprint density at radius 1 is 1.38 bits per heavy atom. The summed E-state index contributed by atoms with van der Waals surface area (Å²) in [5.41, 5.74) is -0.427. The Balaban J connectivity index is 2.40. The van der Waals surface area contributed by atoms with E-state index in [1.165, 1.54) is 4.31 Å². The number of fused-ring (bicyclic) bond motifs is 1. The van der Waals surface area contributed by atoms with Crippen molar-refractivity contribution in [3.05, 3.63) is 12.7 Å². The second kappa shape index (κ2) is 5.11. The van der Waals surface area contributed by atoms with Gasteiger partial charge in [0.25, 0.3) is 0 Å². The van der Waals surface area contributed by atoms with Gasteiger partial charge in [-0.2, -0.15) is 0 Å². The fourth-order valence-electron chi connectivity index (χ4n) is 4.34. The average molecular weight is 313 g/mol. The number of hydrogen-bond acceptors (Lipinski definition) is 3. The minimum atomic E-state index is -3.49. The van der Waals surface area contributed by atoms with E-state index in [1.807, 2.05) is 6.92 Å². The molecule has 1 saturated heterocycles. The van der Waals surface area contributed by atoms with Crippen LogP contribution in [0.5, 0.6) is 0 Å². The normalized spacial score (nSPS) is 36.5. The zero-order valence-corrected chi connectivity index (χ0v) is 14.4. The maximum absolute atomic E-state index is 12.5. The molecule has 0 aromatic carbocycles. The standard InChI is InChI=1S/C16H27NO3S/c1-6-8-9-14(18)17-13-10-12(7-2)15(3,4)16(13,5)11-21(17,19)20/h6,12-13H,1,7-11H2,2-5H3/t12-,13-,16?/m0/s1. The second-order valence-electron chi connectivity index (χ2n) is 7.27. The van der Waals surface area contributed by atoms with Crippen LogP contribution in [0.1, 0.15) is 53.4 Å². The SMILES string of the molecule is C=CCCC(=O)N1[C@H]2C[C@H](CC)C(C)(C)C2(C)CS1(=O)=O. The van der Waals surface area contributed by atoms with Crippen LogP contribution in [0.25, 0.3) is 0 Å². The lowest BCUT2D eigenvalue weighted by Crippen LogP contribution is -2.43. The lowest BCUT2D eigenvalue weighted by atomic mass is 9.65. The van der Waals surface area contributed by atoms with Crippen LogP contribution in [0.4, 0.5) is 0 Å². The zero-order valence-electron chi connectivity index (χ0n) is 13.6. The zero-order chi connectivity index (χ0) is 16.1. The van der Waals surface area contributed by atoms with Gasteiger partial charge in [-0.1, -0.05) is 40.2 Å². The van der Waals surface area contributed by atoms with Crippen molar-refractivity contribution < 1.29 is 13.2 Å². The molecule has 0 spiro atoms. The Bertz CT molecular complexity index is 552. The van der Waals surface area contributed by atoms with E-state index in [2.05, 4.69) is 27.4 Å². The van der Waals surface area contributed by atoms with Gasteiger partial charge in [-0.15, -0.1) is 6.58 Å². The Kier molecular flexibility index (Phi) is 4.02. The Morgan fingerprint density at radius 3 is 2.52 bits per heavy atom. The fraction of sp³-hybridized carbons (Fsp3) is 0.812. The van der Waals surface area contributed by atoms with E-state index in [0.29, 0.717) is 12.3 Å². The van der Waals surface area contributed by atoms with Crippen LogP contribution in [-0.2, 0) is 14.8 Å². The highest BCUT2D eigenvalue weighted by molar-refractivity contribution is 7.90. The summed E-state index contributed by atoms with van der Waals surface area (Å²) in [5.74, 6) is 0.280. The maximum atomic E-state index is 12.5. The summed E-state index contributed by atoms with van der Waals surface area (Å²) in [5, 5.41) is 0. The average Bonchev–Trinajstić information content (AvgIpc) is 2.69. The Morgan fingerprint density at radius 2 is 2.00 bits per heavy atom. The number of nitrogens with zero attached hydrogens (tertiary/aromatic N) is 1. The third-order valence-corrected chi connectivity index (χ3v) is 8.12. The summed E-state index contributed by atoms with van der Waals surface area (Å²) in [4.78, 5) is 12.4. The predicted molar refractivity (Wildman–Crippen MR) is 84.1 cm³/mol. The smallest absolute Gasteiger partial charge is 0.238 e. The Hall–Kier alpha value is -0.840. The first kappa shape index (κ1) is 16.5. The molecular weight excluding hydrogens is 286 g/mol.